The molecule has 1 saturated heterocycles. The van der Waals surface area contributed by atoms with E-state index in [9.17, 15) is 10.1 Å². The Labute approximate surface area is 104 Å². The SMILES string of the molecule is Nc1cccc(N2CCOC(CO)C2)c1[N+](=O)[O-]. The first kappa shape index (κ1) is 12.6. The predicted octanol–water partition coefficient (Wildman–Crippen LogP) is 0.375. The first-order valence-corrected chi connectivity index (χ1v) is 5.63. The topological polar surface area (TPSA) is 102 Å². The monoisotopic (exact) mass is 253 g/mol. The molecule has 7 heteroatoms. The molecule has 1 aliphatic rings. The predicted molar refractivity (Wildman–Crippen MR) is 66.5 cm³/mol. The Morgan fingerprint density at radius 3 is 3.06 bits per heavy atom. The van der Waals surface area contributed by atoms with Crippen molar-refractivity contribution < 1.29 is 14.8 Å². The standard InChI is InChI=1S/C11H15N3O4/c12-9-2-1-3-10(11(9)14(16)17)13-4-5-18-8(6-13)7-15/h1-3,8,15H,4-7,12H2. The highest BCUT2D eigenvalue weighted by molar-refractivity contribution is 5.75. The van der Waals surface area contributed by atoms with Gasteiger partial charge in [0.2, 0.25) is 0 Å². The maximum absolute atomic E-state index is 11.1. The smallest absolute Gasteiger partial charge is 0.315 e. The van der Waals surface area contributed by atoms with Crippen molar-refractivity contribution in [2.45, 2.75) is 6.10 Å². The maximum atomic E-state index is 11.1. The molecular formula is C11H15N3O4. The summed E-state index contributed by atoms with van der Waals surface area (Å²) >= 11 is 0. The zero-order valence-electron chi connectivity index (χ0n) is 9.78. The van der Waals surface area contributed by atoms with Crippen molar-refractivity contribution >= 4 is 17.1 Å². The van der Waals surface area contributed by atoms with Gasteiger partial charge in [-0.1, -0.05) is 6.07 Å². The van der Waals surface area contributed by atoms with Crippen LogP contribution in [-0.4, -0.2) is 42.4 Å². The molecule has 1 aromatic rings. The van der Waals surface area contributed by atoms with Crippen molar-refractivity contribution in [2.24, 2.45) is 0 Å². The molecule has 1 aromatic carbocycles. The molecule has 3 N–H and O–H groups in total. The third kappa shape index (κ3) is 2.36. The van der Waals surface area contributed by atoms with Crippen LogP contribution in [-0.2, 0) is 4.74 Å². The zero-order valence-corrected chi connectivity index (χ0v) is 9.78. The Balaban J connectivity index is 2.32. The molecule has 1 aliphatic heterocycles. The number of morpholine rings is 1. The lowest BCUT2D eigenvalue weighted by Gasteiger charge is -2.33. The molecule has 98 valence electrons. The summed E-state index contributed by atoms with van der Waals surface area (Å²) in [5, 5.41) is 20.1. The molecule has 0 aromatic heterocycles. The summed E-state index contributed by atoms with van der Waals surface area (Å²) in [6.45, 7) is 1.28. The van der Waals surface area contributed by atoms with Crippen molar-refractivity contribution in [1.29, 1.82) is 0 Å². The number of hydrogen-bond acceptors (Lipinski definition) is 6. The zero-order chi connectivity index (χ0) is 13.1. The summed E-state index contributed by atoms with van der Waals surface area (Å²) in [7, 11) is 0. The van der Waals surface area contributed by atoms with Gasteiger partial charge in [0.15, 0.2) is 0 Å². The number of hydrogen-bond donors (Lipinski definition) is 2. The minimum Gasteiger partial charge on any atom is -0.394 e. The molecular weight excluding hydrogens is 238 g/mol. The molecule has 1 unspecified atom stereocenters. The lowest BCUT2D eigenvalue weighted by molar-refractivity contribution is -0.383. The molecule has 1 fully saturated rings. The van der Waals surface area contributed by atoms with Gasteiger partial charge >= 0.3 is 5.69 Å². The average Bonchev–Trinajstić information content (AvgIpc) is 2.38. The van der Waals surface area contributed by atoms with Crippen LogP contribution >= 0.6 is 0 Å². The summed E-state index contributed by atoms with van der Waals surface area (Å²) in [6.07, 6.45) is -0.320. The molecule has 1 atom stereocenters. The number of para-hydroxylation sites is 1. The van der Waals surface area contributed by atoms with Crippen LogP contribution < -0.4 is 10.6 Å². The van der Waals surface area contributed by atoms with E-state index in [-0.39, 0.29) is 24.1 Å². The van der Waals surface area contributed by atoms with E-state index in [4.69, 9.17) is 15.6 Å². The van der Waals surface area contributed by atoms with Gasteiger partial charge in [-0.05, 0) is 12.1 Å². The number of nitrogens with two attached hydrogens (primary N) is 1. The van der Waals surface area contributed by atoms with Crippen LogP contribution in [0.1, 0.15) is 0 Å². The van der Waals surface area contributed by atoms with Gasteiger partial charge in [0.1, 0.15) is 11.4 Å². The average molecular weight is 253 g/mol. The molecule has 7 nitrogen and oxygen atoms in total. The van der Waals surface area contributed by atoms with Gasteiger partial charge in [0, 0.05) is 13.1 Å². The van der Waals surface area contributed by atoms with Gasteiger partial charge in [-0.2, -0.15) is 0 Å². The number of aliphatic hydroxyl groups excluding tert-OH is 1. The highest BCUT2D eigenvalue weighted by Gasteiger charge is 2.27. The molecule has 18 heavy (non-hydrogen) atoms. The Morgan fingerprint density at radius 1 is 1.61 bits per heavy atom. The van der Waals surface area contributed by atoms with Gasteiger partial charge in [0.05, 0.1) is 24.2 Å². The summed E-state index contributed by atoms with van der Waals surface area (Å²) in [6, 6.07) is 4.85. The second kappa shape index (κ2) is 5.19. The molecule has 0 bridgehead atoms. The summed E-state index contributed by atoms with van der Waals surface area (Å²) in [5.74, 6) is 0. The van der Waals surface area contributed by atoms with Gasteiger partial charge in [-0.15, -0.1) is 0 Å². The van der Waals surface area contributed by atoms with Crippen LogP contribution in [0.25, 0.3) is 0 Å². The quantitative estimate of drug-likeness (QED) is 0.458. The van der Waals surface area contributed by atoms with Crippen molar-refractivity contribution in [3.8, 4) is 0 Å². The van der Waals surface area contributed by atoms with Gasteiger partial charge in [0.25, 0.3) is 0 Å². The van der Waals surface area contributed by atoms with E-state index >= 15 is 0 Å². The molecule has 0 saturated carbocycles. The number of aliphatic hydroxyl groups is 1. The molecule has 0 radical (unpaired) electrons. The second-order valence-corrected chi connectivity index (χ2v) is 4.09. The Hall–Kier alpha value is -1.86. The lowest BCUT2D eigenvalue weighted by atomic mass is 10.2. The fourth-order valence-corrected chi connectivity index (χ4v) is 2.05. The number of benzene rings is 1. The van der Waals surface area contributed by atoms with E-state index in [1.165, 1.54) is 6.07 Å². The Kier molecular flexibility index (Phi) is 3.63. The minimum absolute atomic E-state index is 0.0870. The van der Waals surface area contributed by atoms with Crippen LogP contribution in [0.4, 0.5) is 17.1 Å². The number of ether oxygens (including phenoxy) is 1. The second-order valence-electron chi connectivity index (χ2n) is 4.09. The van der Waals surface area contributed by atoms with Crippen LogP contribution in [0.5, 0.6) is 0 Å². The van der Waals surface area contributed by atoms with E-state index in [2.05, 4.69) is 0 Å². The first-order valence-electron chi connectivity index (χ1n) is 5.63. The van der Waals surface area contributed by atoms with Crippen LogP contribution in [0.3, 0.4) is 0 Å². The maximum Gasteiger partial charge on any atom is 0.315 e. The third-order valence-electron chi connectivity index (χ3n) is 2.91. The van der Waals surface area contributed by atoms with E-state index in [1.807, 2.05) is 4.90 Å². The lowest BCUT2D eigenvalue weighted by Crippen LogP contribution is -2.44. The number of nitro benzene ring substituents is 1. The van der Waals surface area contributed by atoms with Crippen molar-refractivity contribution in [3.63, 3.8) is 0 Å². The highest BCUT2D eigenvalue weighted by Crippen LogP contribution is 2.34. The van der Waals surface area contributed by atoms with E-state index in [0.717, 1.165) is 0 Å². The number of rotatable bonds is 3. The molecule has 1 heterocycles. The van der Waals surface area contributed by atoms with Crippen molar-refractivity contribution in [2.75, 3.05) is 36.9 Å². The molecule has 0 aliphatic carbocycles. The van der Waals surface area contributed by atoms with Crippen molar-refractivity contribution in [3.05, 3.63) is 28.3 Å². The normalized spacial score (nSPS) is 19.8. The fourth-order valence-electron chi connectivity index (χ4n) is 2.05. The minimum atomic E-state index is -0.478. The Bertz CT molecular complexity index is 452. The van der Waals surface area contributed by atoms with E-state index in [0.29, 0.717) is 25.4 Å². The number of nitro groups is 1. The number of nitrogen functional groups attached to an aromatic ring is 1. The van der Waals surface area contributed by atoms with Gasteiger partial charge in [-0.25, -0.2) is 0 Å². The van der Waals surface area contributed by atoms with Crippen LogP contribution in [0.15, 0.2) is 18.2 Å². The third-order valence-corrected chi connectivity index (χ3v) is 2.91. The van der Waals surface area contributed by atoms with Crippen molar-refractivity contribution in [1.82, 2.24) is 0 Å². The summed E-state index contributed by atoms with van der Waals surface area (Å²) in [4.78, 5) is 12.4. The molecule has 0 amide bonds. The van der Waals surface area contributed by atoms with E-state index < -0.39 is 4.92 Å². The largest absolute Gasteiger partial charge is 0.394 e. The molecule has 0 spiro atoms. The Morgan fingerprint density at radius 2 is 2.39 bits per heavy atom. The first-order chi connectivity index (χ1) is 8.63. The number of anilines is 2. The number of nitrogens with zero attached hydrogens (tertiary/aromatic N) is 2. The molecule has 2 rings (SSSR count). The van der Waals surface area contributed by atoms with Crippen LogP contribution in [0.2, 0.25) is 0 Å². The summed E-state index contributed by atoms with van der Waals surface area (Å²) in [5.41, 5.74) is 6.18. The fraction of sp³-hybridized carbons (Fsp3) is 0.455. The van der Waals surface area contributed by atoms with Gasteiger partial charge < -0.3 is 20.5 Å². The highest BCUT2D eigenvalue weighted by atomic mass is 16.6. The van der Waals surface area contributed by atoms with Crippen LogP contribution in [0, 0.1) is 10.1 Å². The summed E-state index contributed by atoms with van der Waals surface area (Å²) < 4.78 is 5.32. The van der Waals surface area contributed by atoms with E-state index in [1.54, 1.807) is 12.1 Å². The van der Waals surface area contributed by atoms with Gasteiger partial charge in [-0.3, -0.25) is 10.1 Å².